The summed E-state index contributed by atoms with van der Waals surface area (Å²) in [7, 11) is 0. The third kappa shape index (κ3) is 4.59. The number of hydrogen-bond acceptors (Lipinski definition) is 5. The number of amides is 2. The van der Waals surface area contributed by atoms with Crippen molar-refractivity contribution in [2.45, 2.75) is 44.8 Å². The van der Waals surface area contributed by atoms with E-state index in [0.717, 1.165) is 32.1 Å². The van der Waals surface area contributed by atoms with Crippen molar-refractivity contribution < 1.29 is 27.8 Å². The van der Waals surface area contributed by atoms with Gasteiger partial charge in [-0.3, -0.25) is 14.6 Å². The molecule has 1 aromatic heterocycles. The van der Waals surface area contributed by atoms with Gasteiger partial charge >= 0.3 is 6.61 Å². The molecule has 2 aliphatic rings. The molecule has 1 atom stereocenters. The van der Waals surface area contributed by atoms with Gasteiger partial charge < -0.3 is 20.1 Å². The van der Waals surface area contributed by atoms with Crippen LogP contribution in [0.4, 0.5) is 20.2 Å². The predicted molar refractivity (Wildman–Crippen MR) is 115 cm³/mol. The highest BCUT2D eigenvalue weighted by Gasteiger charge is 2.38. The molecule has 2 heterocycles. The van der Waals surface area contributed by atoms with Crippen LogP contribution in [0, 0.1) is 5.92 Å². The number of carbonyl (C=O) groups excluding carboxylic acids is 2. The summed E-state index contributed by atoms with van der Waals surface area (Å²) in [6.07, 6.45) is 6.32. The van der Waals surface area contributed by atoms with E-state index in [9.17, 15) is 18.4 Å². The van der Waals surface area contributed by atoms with Crippen molar-refractivity contribution in [3.8, 4) is 11.5 Å². The summed E-state index contributed by atoms with van der Waals surface area (Å²) >= 11 is 12.1. The number of nitrogens with one attached hydrogen (secondary N) is 2. The Morgan fingerprint density at radius 2 is 1.88 bits per heavy atom. The van der Waals surface area contributed by atoms with E-state index in [1.807, 2.05) is 0 Å². The van der Waals surface area contributed by atoms with Gasteiger partial charge in [0.25, 0.3) is 11.8 Å². The van der Waals surface area contributed by atoms with Gasteiger partial charge in [0.05, 0.1) is 21.3 Å². The smallest absolute Gasteiger partial charge is 0.387 e. The number of rotatable bonds is 5. The first-order valence-electron chi connectivity index (χ1n) is 10.0. The number of hydrogen-bond donors (Lipinski definition) is 2. The number of nitrogens with zero attached hydrogens (tertiary/aromatic N) is 1. The lowest BCUT2D eigenvalue weighted by molar-refractivity contribution is -0.126. The van der Waals surface area contributed by atoms with Crippen molar-refractivity contribution >= 4 is 46.4 Å². The summed E-state index contributed by atoms with van der Waals surface area (Å²) in [4.78, 5) is 29.6. The normalized spacial score (nSPS) is 18.5. The minimum atomic E-state index is -3.11. The summed E-state index contributed by atoms with van der Waals surface area (Å²) in [5.74, 6) is -1.55. The molecule has 0 unspecified atom stereocenters. The zero-order valence-corrected chi connectivity index (χ0v) is 18.2. The van der Waals surface area contributed by atoms with Crippen LogP contribution >= 0.6 is 23.2 Å². The molecule has 4 rings (SSSR count). The van der Waals surface area contributed by atoms with Crippen molar-refractivity contribution in [1.82, 2.24) is 4.98 Å². The van der Waals surface area contributed by atoms with Crippen LogP contribution in [0.1, 0.15) is 42.5 Å². The fourth-order valence-electron chi connectivity index (χ4n) is 4.02. The first-order chi connectivity index (χ1) is 15.3. The quantitative estimate of drug-likeness (QED) is 0.581. The number of anilines is 2. The van der Waals surface area contributed by atoms with Gasteiger partial charge in [-0.25, -0.2) is 0 Å². The third-order valence-corrected chi connectivity index (χ3v) is 6.08. The van der Waals surface area contributed by atoms with Crippen LogP contribution in [0.25, 0.3) is 0 Å². The molecular weight excluding hydrogens is 467 g/mol. The van der Waals surface area contributed by atoms with E-state index in [1.54, 1.807) is 0 Å². The Labute approximate surface area is 192 Å². The van der Waals surface area contributed by atoms with Crippen molar-refractivity contribution in [2.24, 2.45) is 5.92 Å². The molecule has 1 aromatic carbocycles. The van der Waals surface area contributed by atoms with Gasteiger partial charge in [0.15, 0.2) is 17.6 Å². The van der Waals surface area contributed by atoms with Gasteiger partial charge in [-0.2, -0.15) is 8.78 Å². The fraction of sp³-hybridized carbons (Fsp3) is 0.381. The summed E-state index contributed by atoms with van der Waals surface area (Å²) in [6, 6.07) is 2.45. The Balaban J connectivity index is 1.69. The minimum Gasteiger partial charge on any atom is -0.474 e. The first kappa shape index (κ1) is 22.5. The van der Waals surface area contributed by atoms with E-state index in [2.05, 4.69) is 20.4 Å². The summed E-state index contributed by atoms with van der Waals surface area (Å²) in [5, 5.41) is 5.43. The molecule has 2 aromatic rings. The first-order valence-corrected chi connectivity index (χ1v) is 10.8. The van der Waals surface area contributed by atoms with Gasteiger partial charge in [-0.05, 0) is 25.0 Å². The number of halogens is 4. The standard InChI is InChI=1S/C21H19Cl2F2N3O4/c22-12-8-26-9-13(23)16(12)28-19(29)11-6-7-14(31-21(24)25)18-15(11)27-20(30)17(32-18)10-4-2-1-3-5-10/h6-10,17,21H,1-5H2,(H,27,30)(H,26,28,29)/t17-/m1/s1. The van der Waals surface area contributed by atoms with Gasteiger partial charge in [0, 0.05) is 18.3 Å². The molecule has 1 saturated carbocycles. The van der Waals surface area contributed by atoms with E-state index >= 15 is 0 Å². The molecule has 2 N–H and O–H groups in total. The van der Waals surface area contributed by atoms with E-state index in [-0.39, 0.29) is 44.4 Å². The van der Waals surface area contributed by atoms with Crippen molar-refractivity contribution in [3.63, 3.8) is 0 Å². The van der Waals surface area contributed by atoms with Crippen LogP contribution in [-0.2, 0) is 4.79 Å². The molecule has 7 nitrogen and oxygen atoms in total. The Morgan fingerprint density at radius 3 is 2.53 bits per heavy atom. The number of pyridine rings is 1. The van der Waals surface area contributed by atoms with Gasteiger partial charge in [0.1, 0.15) is 5.69 Å². The Morgan fingerprint density at radius 1 is 1.19 bits per heavy atom. The van der Waals surface area contributed by atoms with E-state index in [4.69, 9.17) is 27.9 Å². The van der Waals surface area contributed by atoms with Gasteiger partial charge in [-0.15, -0.1) is 0 Å². The van der Waals surface area contributed by atoms with E-state index in [1.165, 1.54) is 24.5 Å². The molecule has 170 valence electrons. The SMILES string of the molecule is O=C(Nc1c(Cl)cncc1Cl)c1ccc(OC(F)F)c2c1NC(=O)[C@@H](C1CCCCC1)O2. The molecule has 2 amide bonds. The third-order valence-electron chi connectivity index (χ3n) is 5.50. The molecule has 32 heavy (non-hydrogen) atoms. The molecule has 1 fully saturated rings. The van der Waals surface area contributed by atoms with Crippen molar-refractivity contribution in [1.29, 1.82) is 0 Å². The Kier molecular flexibility index (Phi) is 6.66. The average Bonchev–Trinajstić information content (AvgIpc) is 2.76. The number of benzene rings is 1. The van der Waals surface area contributed by atoms with Crippen LogP contribution in [0.2, 0.25) is 10.0 Å². The lowest BCUT2D eigenvalue weighted by Crippen LogP contribution is -2.43. The maximum Gasteiger partial charge on any atom is 0.387 e. The number of carbonyl (C=O) groups is 2. The highest BCUT2D eigenvalue weighted by molar-refractivity contribution is 6.39. The Hall–Kier alpha value is -2.65. The molecular formula is C21H19Cl2F2N3O4. The molecule has 1 aliphatic carbocycles. The van der Waals surface area contributed by atoms with Crippen LogP contribution < -0.4 is 20.1 Å². The molecule has 0 spiro atoms. The molecule has 0 radical (unpaired) electrons. The second-order valence-electron chi connectivity index (χ2n) is 7.55. The predicted octanol–water partition coefficient (Wildman–Crippen LogP) is 5.52. The maximum absolute atomic E-state index is 13.0. The second-order valence-corrected chi connectivity index (χ2v) is 8.37. The second kappa shape index (κ2) is 9.46. The molecule has 1 aliphatic heterocycles. The van der Waals surface area contributed by atoms with Gasteiger partial charge in [0.2, 0.25) is 0 Å². The van der Waals surface area contributed by atoms with Crippen molar-refractivity contribution in [2.75, 3.05) is 10.6 Å². The summed E-state index contributed by atoms with van der Waals surface area (Å²) in [5.41, 5.74) is 0.0399. The van der Waals surface area contributed by atoms with E-state index < -0.39 is 24.5 Å². The Bertz CT molecular complexity index is 1030. The van der Waals surface area contributed by atoms with Crippen LogP contribution in [0.3, 0.4) is 0 Å². The molecule has 0 bridgehead atoms. The summed E-state index contributed by atoms with van der Waals surface area (Å²) in [6.45, 7) is -3.11. The average molecular weight is 486 g/mol. The zero-order valence-electron chi connectivity index (χ0n) is 16.7. The summed E-state index contributed by atoms with van der Waals surface area (Å²) < 4.78 is 36.4. The number of aromatic nitrogens is 1. The molecule has 0 saturated heterocycles. The topological polar surface area (TPSA) is 89.5 Å². The van der Waals surface area contributed by atoms with Crippen LogP contribution in [-0.4, -0.2) is 29.5 Å². The highest BCUT2D eigenvalue weighted by Crippen LogP contribution is 2.44. The van der Waals surface area contributed by atoms with Crippen LogP contribution in [0.15, 0.2) is 24.5 Å². The van der Waals surface area contributed by atoms with Crippen LogP contribution in [0.5, 0.6) is 11.5 Å². The fourth-order valence-corrected chi connectivity index (χ4v) is 4.48. The number of ether oxygens (including phenoxy) is 2. The van der Waals surface area contributed by atoms with Crippen molar-refractivity contribution in [3.05, 3.63) is 40.1 Å². The monoisotopic (exact) mass is 485 g/mol. The number of fused-ring (bicyclic) bond motifs is 1. The molecule has 11 heteroatoms. The maximum atomic E-state index is 13.0. The van der Waals surface area contributed by atoms with E-state index in [0.29, 0.717) is 0 Å². The lowest BCUT2D eigenvalue weighted by atomic mass is 9.84. The minimum absolute atomic E-state index is 0.0268. The largest absolute Gasteiger partial charge is 0.474 e. The lowest BCUT2D eigenvalue weighted by Gasteiger charge is -2.34. The number of alkyl halides is 2. The highest BCUT2D eigenvalue weighted by atomic mass is 35.5. The van der Waals surface area contributed by atoms with Gasteiger partial charge in [-0.1, -0.05) is 42.5 Å². The zero-order chi connectivity index (χ0) is 22.8.